The minimum Gasteiger partial charge on any atom is -0.468 e. The van der Waals surface area contributed by atoms with Gasteiger partial charge in [0.2, 0.25) is 0 Å². The first-order valence-electron chi connectivity index (χ1n) is 5.24. The molecular formula is C11H15NO3S. The molecule has 0 radical (unpaired) electrons. The maximum Gasteiger partial charge on any atom is 0.327 e. The van der Waals surface area contributed by atoms with Gasteiger partial charge in [-0.2, -0.15) is 11.3 Å². The van der Waals surface area contributed by atoms with Crippen molar-refractivity contribution in [2.45, 2.75) is 6.04 Å². The van der Waals surface area contributed by atoms with Crippen LogP contribution < -0.4 is 0 Å². The van der Waals surface area contributed by atoms with Crippen LogP contribution in [0, 0.1) is 0 Å². The second-order valence-corrected chi connectivity index (χ2v) is 4.41. The van der Waals surface area contributed by atoms with E-state index >= 15 is 0 Å². The van der Waals surface area contributed by atoms with Crippen LogP contribution in [-0.4, -0.2) is 44.3 Å². The summed E-state index contributed by atoms with van der Waals surface area (Å²) in [6.45, 7) is 2.90. The monoisotopic (exact) mass is 241 g/mol. The molecule has 2 heterocycles. The number of esters is 1. The molecule has 1 atom stereocenters. The molecule has 4 nitrogen and oxygen atoms in total. The number of hydrogen-bond donors (Lipinski definition) is 0. The molecule has 1 unspecified atom stereocenters. The number of thiophene rings is 1. The van der Waals surface area contributed by atoms with E-state index in [1.807, 2.05) is 16.8 Å². The third-order valence-electron chi connectivity index (χ3n) is 2.69. The standard InChI is InChI=1S/C11H15NO3S/c1-14-11(13)10(9-2-7-16-8-9)12-3-5-15-6-4-12/h2,7-8,10H,3-6H2,1H3. The quantitative estimate of drug-likeness (QED) is 0.748. The van der Waals surface area contributed by atoms with Crippen LogP contribution in [-0.2, 0) is 14.3 Å². The van der Waals surface area contributed by atoms with Crippen LogP contribution in [0.2, 0.25) is 0 Å². The Bertz CT molecular complexity index is 333. The summed E-state index contributed by atoms with van der Waals surface area (Å²) in [6, 6.07) is 1.70. The molecule has 1 aliphatic rings. The van der Waals surface area contributed by atoms with Crippen molar-refractivity contribution in [2.75, 3.05) is 33.4 Å². The predicted molar refractivity (Wildman–Crippen MR) is 61.5 cm³/mol. The smallest absolute Gasteiger partial charge is 0.327 e. The lowest BCUT2D eigenvalue weighted by Crippen LogP contribution is -2.42. The average molecular weight is 241 g/mol. The molecule has 1 aliphatic heterocycles. The lowest BCUT2D eigenvalue weighted by molar-refractivity contribution is -0.149. The van der Waals surface area contributed by atoms with Crippen molar-refractivity contribution in [3.8, 4) is 0 Å². The van der Waals surface area contributed by atoms with Gasteiger partial charge in [0.05, 0.1) is 20.3 Å². The second kappa shape index (κ2) is 5.43. The molecule has 0 bridgehead atoms. The molecular weight excluding hydrogens is 226 g/mol. The van der Waals surface area contributed by atoms with Crippen LogP contribution in [0.5, 0.6) is 0 Å². The molecule has 16 heavy (non-hydrogen) atoms. The van der Waals surface area contributed by atoms with Gasteiger partial charge in [-0.3, -0.25) is 4.90 Å². The van der Waals surface area contributed by atoms with Crippen molar-refractivity contribution < 1.29 is 14.3 Å². The number of carbonyl (C=O) groups is 1. The first-order chi connectivity index (χ1) is 7.83. The fourth-order valence-corrected chi connectivity index (χ4v) is 2.55. The fourth-order valence-electron chi connectivity index (χ4n) is 1.87. The van der Waals surface area contributed by atoms with Gasteiger partial charge < -0.3 is 9.47 Å². The zero-order chi connectivity index (χ0) is 11.4. The summed E-state index contributed by atoms with van der Waals surface area (Å²) >= 11 is 1.59. The Morgan fingerprint density at radius 2 is 2.31 bits per heavy atom. The molecule has 0 spiro atoms. The number of methoxy groups -OCH3 is 1. The molecule has 2 rings (SSSR count). The summed E-state index contributed by atoms with van der Waals surface area (Å²) in [5.74, 6) is -0.194. The van der Waals surface area contributed by atoms with E-state index in [0.717, 1.165) is 18.7 Å². The molecule has 0 N–H and O–H groups in total. The van der Waals surface area contributed by atoms with E-state index in [1.165, 1.54) is 7.11 Å². The van der Waals surface area contributed by atoms with E-state index < -0.39 is 0 Å². The van der Waals surface area contributed by atoms with Crippen LogP contribution in [0.25, 0.3) is 0 Å². The van der Waals surface area contributed by atoms with Crippen molar-refractivity contribution >= 4 is 17.3 Å². The maximum absolute atomic E-state index is 11.8. The third-order valence-corrected chi connectivity index (χ3v) is 3.40. The summed E-state index contributed by atoms with van der Waals surface area (Å²) < 4.78 is 10.2. The number of ether oxygens (including phenoxy) is 2. The van der Waals surface area contributed by atoms with Crippen LogP contribution >= 0.6 is 11.3 Å². The van der Waals surface area contributed by atoms with Crippen LogP contribution in [0.4, 0.5) is 0 Å². The zero-order valence-electron chi connectivity index (χ0n) is 9.22. The molecule has 0 aliphatic carbocycles. The SMILES string of the molecule is COC(=O)C(c1ccsc1)N1CCOCC1. The Morgan fingerprint density at radius 1 is 1.56 bits per heavy atom. The van der Waals surface area contributed by atoms with Gasteiger partial charge >= 0.3 is 5.97 Å². The summed E-state index contributed by atoms with van der Waals surface area (Å²) in [7, 11) is 1.43. The van der Waals surface area contributed by atoms with E-state index in [-0.39, 0.29) is 12.0 Å². The number of morpholine rings is 1. The van der Waals surface area contributed by atoms with E-state index in [9.17, 15) is 4.79 Å². The molecule has 0 aromatic carbocycles. The van der Waals surface area contributed by atoms with Gasteiger partial charge in [-0.15, -0.1) is 0 Å². The zero-order valence-corrected chi connectivity index (χ0v) is 10.0. The number of rotatable bonds is 3. The highest BCUT2D eigenvalue weighted by Gasteiger charge is 2.29. The van der Waals surface area contributed by atoms with E-state index in [0.29, 0.717) is 13.2 Å². The first-order valence-corrected chi connectivity index (χ1v) is 6.19. The van der Waals surface area contributed by atoms with Gasteiger partial charge in [0.25, 0.3) is 0 Å². The number of nitrogens with zero attached hydrogens (tertiary/aromatic N) is 1. The Morgan fingerprint density at radius 3 is 2.88 bits per heavy atom. The molecule has 1 aromatic heterocycles. The van der Waals surface area contributed by atoms with Crippen LogP contribution in [0.1, 0.15) is 11.6 Å². The van der Waals surface area contributed by atoms with E-state index in [1.54, 1.807) is 11.3 Å². The average Bonchev–Trinajstić information content (AvgIpc) is 2.84. The summed E-state index contributed by atoms with van der Waals surface area (Å²) in [6.07, 6.45) is 0. The normalized spacial score (nSPS) is 19.3. The number of carbonyl (C=O) groups excluding carboxylic acids is 1. The van der Waals surface area contributed by atoms with Gasteiger partial charge in [-0.1, -0.05) is 0 Å². The van der Waals surface area contributed by atoms with Gasteiger partial charge in [0, 0.05) is 13.1 Å². The van der Waals surface area contributed by atoms with Crippen molar-refractivity contribution in [3.63, 3.8) is 0 Å². The van der Waals surface area contributed by atoms with Crippen molar-refractivity contribution in [3.05, 3.63) is 22.4 Å². The lowest BCUT2D eigenvalue weighted by Gasteiger charge is -2.32. The van der Waals surface area contributed by atoms with Crippen molar-refractivity contribution in [2.24, 2.45) is 0 Å². The Balaban J connectivity index is 2.17. The molecule has 1 aromatic rings. The Labute approximate surface area is 98.8 Å². The van der Waals surface area contributed by atoms with Crippen molar-refractivity contribution in [1.29, 1.82) is 0 Å². The van der Waals surface area contributed by atoms with E-state index in [2.05, 4.69) is 4.90 Å². The van der Waals surface area contributed by atoms with Crippen molar-refractivity contribution in [1.82, 2.24) is 4.90 Å². The lowest BCUT2D eigenvalue weighted by atomic mass is 10.1. The molecule has 1 saturated heterocycles. The summed E-state index contributed by atoms with van der Waals surface area (Å²) in [4.78, 5) is 13.9. The topological polar surface area (TPSA) is 38.8 Å². The molecule has 0 amide bonds. The Hall–Kier alpha value is -0.910. The predicted octanol–water partition coefficient (Wildman–Crippen LogP) is 1.29. The summed E-state index contributed by atoms with van der Waals surface area (Å²) in [5.41, 5.74) is 1.01. The summed E-state index contributed by atoms with van der Waals surface area (Å²) in [5, 5.41) is 3.97. The van der Waals surface area contributed by atoms with E-state index in [4.69, 9.17) is 9.47 Å². The number of hydrogen-bond acceptors (Lipinski definition) is 5. The fraction of sp³-hybridized carbons (Fsp3) is 0.545. The Kier molecular flexibility index (Phi) is 3.93. The molecule has 5 heteroatoms. The highest BCUT2D eigenvalue weighted by atomic mass is 32.1. The maximum atomic E-state index is 11.8. The van der Waals surface area contributed by atoms with Gasteiger partial charge in [0.15, 0.2) is 0 Å². The largest absolute Gasteiger partial charge is 0.468 e. The second-order valence-electron chi connectivity index (χ2n) is 3.63. The molecule has 0 saturated carbocycles. The first kappa shape index (κ1) is 11.6. The molecule has 1 fully saturated rings. The van der Waals surface area contributed by atoms with Gasteiger partial charge in [-0.25, -0.2) is 4.79 Å². The third kappa shape index (κ3) is 2.42. The minimum atomic E-state index is -0.278. The minimum absolute atomic E-state index is 0.194. The van der Waals surface area contributed by atoms with Gasteiger partial charge in [-0.05, 0) is 22.4 Å². The molecule has 88 valence electrons. The highest BCUT2D eigenvalue weighted by Crippen LogP contribution is 2.25. The van der Waals surface area contributed by atoms with Gasteiger partial charge in [0.1, 0.15) is 6.04 Å². The van der Waals surface area contributed by atoms with Crippen LogP contribution in [0.3, 0.4) is 0 Å². The van der Waals surface area contributed by atoms with Crippen LogP contribution in [0.15, 0.2) is 16.8 Å². The highest BCUT2D eigenvalue weighted by molar-refractivity contribution is 7.08.